The minimum atomic E-state index is -0.172. The number of aromatic nitrogens is 5. The SMILES string of the molecule is COCCn1ccc2nc3ncnn3c(-c3ccccc3Cl)c2c1=O. The topological polar surface area (TPSA) is 74.3 Å². The van der Waals surface area contributed by atoms with Gasteiger partial charge in [0.15, 0.2) is 0 Å². The Kier molecular flexibility index (Phi) is 3.95. The van der Waals surface area contributed by atoms with E-state index < -0.39 is 0 Å². The summed E-state index contributed by atoms with van der Waals surface area (Å²) in [5, 5.41) is 5.21. The zero-order valence-electron chi connectivity index (χ0n) is 13.4. The molecule has 0 atom stereocenters. The van der Waals surface area contributed by atoms with Crippen LogP contribution in [-0.2, 0) is 11.3 Å². The minimum Gasteiger partial charge on any atom is -0.383 e. The molecule has 3 aromatic heterocycles. The lowest BCUT2D eigenvalue weighted by atomic mass is 10.1. The fraction of sp³-hybridized carbons (Fsp3) is 0.176. The van der Waals surface area contributed by atoms with Gasteiger partial charge in [-0.1, -0.05) is 29.8 Å². The Balaban J connectivity index is 2.14. The fourth-order valence-electron chi connectivity index (χ4n) is 2.83. The number of ether oxygens (including phenoxy) is 1. The van der Waals surface area contributed by atoms with Crippen LogP contribution >= 0.6 is 11.6 Å². The highest BCUT2D eigenvalue weighted by atomic mass is 35.5. The number of hydrogen-bond acceptors (Lipinski definition) is 5. The second-order valence-electron chi connectivity index (χ2n) is 5.48. The van der Waals surface area contributed by atoms with Crippen molar-refractivity contribution in [3.05, 3.63) is 58.2 Å². The van der Waals surface area contributed by atoms with Gasteiger partial charge in [0.05, 0.1) is 23.2 Å². The lowest BCUT2D eigenvalue weighted by molar-refractivity contribution is 0.186. The van der Waals surface area contributed by atoms with E-state index in [1.54, 1.807) is 34.5 Å². The van der Waals surface area contributed by atoms with Crippen molar-refractivity contribution in [2.24, 2.45) is 0 Å². The molecule has 0 amide bonds. The van der Waals surface area contributed by atoms with E-state index in [-0.39, 0.29) is 5.56 Å². The van der Waals surface area contributed by atoms with Crippen LogP contribution in [0.1, 0.15) is 0 Å². The van der Waals surface area contributed by atoms with Crippen LogP contribution in [0.4, 0.5) is 0 Å². The molecule has 0 saturated heterocycles. The van der Waals surface area contributed by atoms with Gasteiger partial charge in [-0.05, 0) is 12.1 Å². The minimum absolute atomic E-state index is 0.172. The third-order valence-corrected chi connectivity index (χ3v) is 4.34. The lowest BCUT2D eigenvalue weighted by Gasteiger charge is -2.12. The largest absolute Gasteiger partial charge is 0.383 e. The molecule has 0 aliphatic rings. The molecule has 126 valence electrons. The summed E-state index contributed by atoms with van der Waals surface area (Å²) in [6.45, 7) is 0.883. The predicted octanol–water partition coefficient (Wildman–Crippen LogP) is 2.41. The molecule has 0 aliphatic heterocycles. The Bertz CT molecular complexity index is 1130. The number of nitrogens with zero attached hydrogens (tertiary/aromatic N) is 5. The summed E-state index contributed by atoms with van der Waals surface area (Å²) in [6, 6.07) is 9.12. The average Bonchev–Trinajstić information content (AvgIpc) is 3.08. The van der Waals surface area contributed by atoms with Gasteiger partial charge < -0.3 is 9.30 Å². The maximum Gasteiger partial charge on any atom is 0.262 e. The van der Waals surface area contributed by atoms with Gasteiger partial charge in [-0.2, -0.15) is 14.6 Å². The number of rotatable bonds is 4. The van der Waals surface area contributed by atoms with Crippen LogP contribution in [0.15, 0.2) is 47.7 Å². The van der Waals surface area contributed by atoms with Crippen LogP contribution in [0.25, 0.3) is 27.9 Å². The molecule has 8 heteroatoms. The average molecular weight is 356 g/mol. The summed E-state index contributed by atoms with van der Waals surface area (Å²) < 4.78 is 8.22. The van der Waals surface area contributed by atoms with Crippen LogP contribution < -0.4 is 5.56 Å². The van der Waals surface area contributed by atoms with Crippen LogP contribution in [0.2, 0.25) is 5.02 Å². The molecule has 4 aromatic rings. The molecular weight excluding hydrogens is 342 g/mol. The third kappa shape index (κ3) is 2.57. The number of halogens is 1. The summed E-state index contributed by atoms with van der Waals surface area (Å²) in [6.07, 6.45) is 3.12. The van der Waals surface area contributed by atoms with Crippen LogP contribution in [0, 0.1) is 0 Å². The standard InChI is InChI=1S/C17H14ClN5O2/c1-25-9-8-22-7-6-13-14(16(22)24)15(11-4-2-3-5-12(11)18)23-17(21-13)19-10-20-23/h2-7,10H,8-9H2,1H3. The zero-order valence-corrected chi connectivity index (χ0v) is 14.1. The van der Waals surface area contributed by atoms with Crippen molar-refractivity contribution in [2.75, 3.05) is 13.7 Å². The molecular formula is C17H14ClN5O2. The molecule has 0 aliphatic carbocycles. The lowest BCUT2D eigenvalue weighted by Crippen LogP contribution is -2.23. The van der Waals surface area contributed by atoms with Gasteiger partial charge in [-0.3, -0.25) is 4.79 Å². The van der Waals surface area contributed by atoms with Crippen molar-refractivity contribution >= 4 is 28.3 Å². The van der Waals surface area contributed by atoms with Gasteiger partial charge in [0, 0.05) is 30.4 Å². The Morgan fingerprint density at radius 3 is 2.88 bits per heavy atom. The number of benzene rings is 1. The van der Waals surface area contributed by atoms with E-state index in [9.17, 15) is 4.79 Å². The van der Waals surface area contributed by atoms with Gasteiger partial charge >= 0.3 is 0 Å². The summed E-state index contributed by atoms with van der Waals surface area (Å²) >= 11 is 6.39. The highest BCUT2D eigenvalue weighted by molar-refractivity contribution is 6.33. The molecule has 0 bridgehead atoms. The Labute approximate surface area is 147 Å². The second kappa shape index (κ2) is 6.27. The summed E-state index contributed by atoms with van der Waals surface area (Å²) in [5.41, 5.74) is 1.66. The summed E-state index contributed by atoms with van der Waals surface area (Å²) in [4.78, 5) is 21.7. The van der Waals surface area contributed by atoms with Crippen LogP contribution in [0.5, 0.6) is 0 Å². The monoisotopic (exact) mass is 355 g/mol. The Morgan fingerprint density at radius 1 is 1.24 bits per heavy atom. The number of hydrogen-bond donors (Lipinski definition) is 0. The van der Waals surface area contributed by atoms with E-state index in [1.807, 2.05) is 18.2 Å². The highest BCUT2D eigenvalue weighted by Gasteiger charge is 2.18. The third-order valence-electron chi connectivity index (χ3n) is 4.01. The van der Waals surface area contributed by atoms with Crippen molar-refractivity contribution in [1.29, 1.82) is 0 Å². The number of fused-ring (bicyclic) bond motifs is 2. The molecule has 0 saturated carbocycles. The second-order valence-corrected chi connectivity index (χ2v) is 5.89. The van der Waals surface area contributed by atoms with Crippen LogP contribution in [0.3, 0.4) is 0 Å². The molecule has 4 rings (SSSR count). The van der Waals surface area contributed by atoms with Crippen molar-refractivity contribution < 1.29 is 4.74 Å². The van der Waals surface area contributed by atoms with Crippen molar-refractivity contribution in [3.8, 4) is 11.3 Å². The van der Waals surface area contributed by atoms with Gasteiger partial charge in [-0.25, -0.2) is 4.98 Å². The molecule has 0 fully saturated rings. The van der Waals surface area contributed by atoms with Crippen molar-refractivity contribution in [1.82, 2.24) is 24.1 Å². The predicted molar refractivity (Wildman–Crippen MR) is 94.9 cm³/mol. The van der Waals surface area contributed by atoms with E-state index in [2.05, 4.69) is 15.1 Å². The Morgan fingerprint density at radius 2 is 2.08 bits per heavy atom. The Hall–Kier alpha value is -2.77. The summed E-state index contributed by atoms with van der Waals surface area (Å²) in [7, 11) is 1.60. The quantitative estimate of drug-likeness (QED) is 0.562. The van der Waals surface area contributed by atoms with Gasteiger partial charge in [-0.15, -0.1) is 0 Å². The first-order valence-electron chi connectivity index (χ1n) is 7.67. The number of pyridine rings is 1. The van der Waals surface area contributed by atoms with E-state index in [1.165, 1.54) is 6.33 Å². The normalized spacial score (nSPS) is 11.4. The molecule has 0 radical (unpaired) electrons. The van der Waals surface area contributed by atoms with E-state index in [0.717, 1.165) is 0 Å². The van der Waals surface area contributed by atoms with Crippen molar-refractivity contribution in [2.45, 2.75) is 6.54 Å². The van der Waals surface area contributed by atoms with Crippen LogP contribution in [-0.4, -0.2) is 37.9 Å². The van der Waals surface area contributed by atoms with E-state index in [4.69, 9.17) is 16.3 Å². The first kappa shape index (κ1) is 15.7. The zero-order chi connectivity index (χ0) is 17.4. The maximum absolute atomic E-state index is 13.1. The first-order chi connectivity index (χ1) is 12.2. The van der Waals surface area contributed by atoms with Gasteiger partial charge in [0.2, 0.25) is 0 Å². The highest BCUT2D eigenvalue weighted by Crippen LogP contribution is 2.31. The fourth-order valence-corrected chi connectivity index (χ4v) is 3.06. The molecule has 7 nitrogen and oxygen atoms in total. The maximum atomic E-state index is 13.1. The van der Waals surface area contributed by atoms with E-state index >= 15 is 0 Å². The molecule has 0 unspecified atom stereocenters. The summed E-state index contributed by atoms with van der Waals surface area (Å²) in [5.74, 6) is 0.413. The molecule has 3 heterocycles. The molecule has 0 spiro atoms. The smallest absolute Gasteiger partial charge is 0.262 e. The van der Waals surface area contributed by atoms with Gasteiger partial charge in [0.1, 0.15) is 6.33 Å². The van der Waals surface area contributed by atoms with E-state index in [0.29, 0.717) is 46.1 Å². The van der Waals surface area contributed by atoms with Gasteiger partial charge in [0.25, 0.3) is 11.3 Å². The molecule has 1 aromatic carbocycles. The van der Waals surface area contributed by atoms with Crippen molar-refractivity contribution in [3.63, 3.8) is 0 Å². The first-order valence-corrected chi connectivity index (χ1v) is 8.05. The molecule has 0 N–H and O–H groups in total. The molecule has 25 heavy (non-hydrogen) atoms. The number of methoxy groups -OCH3 is 1.